The second-order valence-electron chi connectivity index (χ2n) is 5.62. The standard InChI is InChI=1S/C19H16N2O5S/c1-23-13-3-5-14(6-4-13)24-9-18(22)21-19-20-15(10-27-19)12-2-7-16-17(8-12)26-11-25-16/h2-8,10H,9,11H2,1H3,(H,20,21,22). The highest BCUT2D eigenvalue weighted by molar-refractivity contribution is 7.14. The van der Waals surface area contributed by atoms with E-state index in [1.54, 1.807) is 31.4 Å². The summed E-state index contributed by atoms with van der Waals surface area (Å²) in [6.07, 6.45) is 0. The van der Waals surface area contributed by atoms with E-state index in [9.17, 15) is 4.79 Å². The van der Waals surface area contributed by atoms with Gasteiger partial charge in [-0.05, 0) is 42.5 Å². The molecule has 0 saturated heterocycles. The van der Waals surface area contributed by atoms with E-state index in [0.717, 1.165) is 22.8 Å². The highest BCUT2D eigenvalue weighted by Gasteiger charge is 2.15. The van der Waals surface area contributed by atoms with Gasteiger partial charge in [-0.2, -0.15) is 0 Å². The highest BCUT2D eigenvalue weighted by atomic mass is 32.1. The molecule has 3 aromatic rings. The monoisotopic (exact) mass is 384 g/mol. The van der Waals surface area contributed by atoms with Crippen molar-refractivity contribution in [2.45, 2.75) is 0 Å². The fraction of sp³-hybridized carbons (Fsp3) is 0.158. The largest absolute Gasteiger partial charge is 0.497 e. The number of hydrogen-bond acceptors (Lipinski definition) is 7. The van der Waals surface area contributed by atoms with Crippen molar-refractivity contribution in [3.63, 3.8) is 0 Å². The van der Waals surface area contributed by atoms with E-state index >= 15 is 0 Å². The lowest BCUT2D eigenvalue weighted by Gasteiger charge is -2.06. The highest BCUT2D eigenvalue weighted by Crippen LogP contribution is 2.36. The smallest absolute Gasteiger partial charge is 0.264 e. The molecular weight excluding hydrogens is 368 g/mol. The molecule has 0 unspecified atom stereocenters. The first kappa shape index (κ1) is 17.2. The summed E-state index contributed by atoms with van der Waals surface area (Å²) in [6.45, 7) is 0.122. The van der Waals surface area contributed by atoms with Gasteiger partial charge in [-0.1, -0.05) is 0 Å². The van der Waals surface area contributed by atoms with Crippen molar-refractivity contribution in [1.29, 1.82) is 0 Å². The first-order valence-electron chi connectivity index (χ1n) is 8.13. The molecule has 27 heavy (non-hydrogen) atoms. The lowest BCUT2D eigenvalue weighted by atomic mass is 10.1. The zero-order valence-corrected chi connectivity index (χ0v) is 15.2. The topological polar surface area (TPSA) is 78.9 Å². The van der Waals surface area contributed by atoms with Gasteiger partial charge in [0.1, 0.15) is 11.5 Å². The van der Waals surface area contributed by atoms with Crippen LogP contribution in [0.25, 0.3) is 11.3 Å². The van der Waals surface area contributed by atoms with E-state index < -0.39 is 0 Å². The molecule has 138 valence electrons. The molecule has 1 amide bonds. The average Bonchev–Trinajstić information content (AvgIpc) is 3.35. The molecule has 0 bridgehead atoms. The molecule has 0 spiro atoms. The third-order valence-corrected chi connectivity index (χ3v) is 4.61. The lowest BCUT2D eigenvalue weighted by Crippen LogP contribution is -2.20. The van der Waals surface area contributed by atoms with Crippen molar-refractivity contribution < 1.29 is 23.7 Å². The third-order valence-electron chi connectivity index (χ3n) is 3.85. The molecule has 0 saturated carbocycles. The Kier molecular flexibility index (Phi) is 4.80. The van der Waals surface area contributed by atoms with Crippen LogP contribution >= 0.6 is 11.3 Å². The van der Waals surface area contributed by atoms with E-state index in [4.69, 9.17) is 18.9 Å². The Balaban J connectivity index is 1.35. The number of carbonyl (C=O) groups is 1. The second-order valence-corrected chi connectivity index (χ2v) is 6.48. The number of hydrogen-bond donors (Lipinski definition) is 1. The minimum absolute atomic E-state index is 0.106. The number of ether oxygens (including phenoxy) is 4. The van der Waals surface area contributed by atoms with Crippen molar-refractivity contribution in [1.82, 2.24) is 4.98 Å². The van der Waals surface area contributed by atoms with Crippen molar-refractivity contribution in [2.24, 2.45) is 0 Å². The Morgan fingerprint density at radius 1 is 1.15 bits per heavy atom. The molecule has 0 fully saturated rings. The van der Waals surface area contributed by atoms with Crippen LogP contribution in [0, 0.1) is 0 Å². The molecule has 1 aliphatic heterocycles. The van der Waals surface area contributed by atoms with E-state index in [-0.39, 0.29) is 19.3 Å². The van der Waals surface area contributed by atoms with Crippen LogP contribution in [0.1, 0.15) is 0 Å². The third kappa shape index (κ3) is 3.95. The number of carbonyl (C=O) groups excluding carboxylic acids is 1. The van der Waals surface area contributed by atoms with Crippen molar-refractivity contribution in [2.75, 3.05) is 25.8 Å². The lowest BCUT2D eigenvalue weighted by molar-refractivity contribution is -0.118. The van der Waals surface area contributed by atoms with E-state index in [2.05, 4.69) is 10.3 Å². The van der Waals surface area contributed by atoms with E-state index in [1.165, 1.54) is 11.3 Å². The van der Waals surface area contributed by atoms with Gasteiger partial charge in [-0.3, -0.25) is 10.1 Å². The van der Waals surface area contributed by atoms with Crippen LogP contribution in [0.5, 0.6) is 23.0 Å². The molecule has 1 N–H and O–H groups in total. The molecule has 1 aromatic heterocycles. The quantitative estimate of drug-likeness (QED) is 0.700. The zero-order valence-electron chi connectivity index (χ0n) is 14.4. The van der Waals surface area contributed by atoms with Crippen LogP contribution in [0.4, 0.5) is 5.13 Å². The predicted octanol–water partition coefficient (Wildman–Crippen LogP) is 3.56. The Morgan fingerprint density at radius 3 is 2.74 bits per heavy atom. The number of aromatic nitrogens is 1. The van der Waals surface area contributed by atoms with Gasteiger partial charge in [0.05, 0.1) is 12.8 Å². The summed E-state index contributed by atoms with van der Waals surface area (Å²) in [5.74, 6) is 2.45. The van der Waals surface area contributed by atoms with Crippen molar-refractivity contribution >= 4 is 22.4 Å². The first-order valence-corrected chi connectivity index (χ1v) is 9.01. The number of anilines is 1. The summed E-state index contributed by atoms with van der Waals surface area (Å²) in [5.41, 5.74) is 1.65. The van der Waals surface area contributed by atoms with Gasteiger partial charge in [-0.25, -0.2) is 4.98 Å². The number of methoxy groups -OCH3 is 1. The van der Waals surface area contributed by atoms with Crippen LogP contribution in [0.15, 0.2) is 47.8 Å². The number of fused-ring (bicyclic) bond motifs is 1. The molecule has 2 aromatic carbocycles. The molecule has 4 rings (SSSR count). The van der Waals surface area contributed by atoms with Crippen LogP contribution < -0.4 is 24.3 Å². The number of thiazole rings is 1. The van der Waals surface area contributed by atoms with Gasteiger partial charge in [0, 0.05) is 10.9 Å². The molecule has 7 nitrogen and oxygen atoms in total. The number of rotatable bonds is 6. The normalized spacial score (nSPS) is 11.9. The molecule has 0 aliphatic carbocycles. The summed E-state index contributed by atoms with van der Waals surface area (Å²) in [6, 6.07) is 12.6. The fourth-order valence-electron chi connectivity index (χ4n) is 2.50. The van der Waals surface area contributed by atoms with Gasteiger partial charge in [0.15, 0.2) is 23.2 Å². The number of amides is 1. The molecule has 8 heteroatoms. The fourth-order valence-corrected chi connectivity index (χ4v) is 3.23. The first-order chi connectivity index (χ1) is 13.2. The summed E-state index contributed by atoms with van der Waals surface area (Å²) < 4.78 is 21.2. The van der Waals surface area contributed by atoms with Crippen LogP contribution in [0.2, 0.25) is 0 Å². The average molecular weight is 384 g/mol. The predicted molar refractivity (Wildman–Crippen MR) is 101 cm³/mol. The van der Waals surface area contributed by atoms with Crippen LogP contribution in [-0.4, -0.2) is 31.4 Å². The minimum Gasteiger partial charge on any atom is -0.497 e. The summed E-state index contributed by atoms with van der Waals surface area (Å²) in [4.78, 5) is 16.5. The molecular formula is C19H16N2O5S. The SMILES string of the molecule is COc1ccc(OCC(=O)Nc2nc(-c3ccc4c(c3)OCO4)cs2)cc1. The van der Waals surface area contributed by atoms with E-state index in [1.807, 2.05) is 23.6 Å². The number of nitrogens with zero attached hydrogens (tertiary/aromatic N) is 1. The maximum absolute atomic E-state index is 12.1. The van der Waals surface area contributed by atoms with Gasteiger partial charge in [0.25, 0.3) is 5.91 Å². The Labute approximate surface area is 159 Å². The molecule has 2 heterocycles. The maximum Gasteiger partial charge on any atom is 0.264 e. The minimum atomic E-state index is -0.280. The molecule has 0 radical (unpaired) electrons. The van der Waals surface area contributed by atoms with Gasteiger partial charge in [0.2, 0.25) is 6.79 Å². The maximum atomic E-state index is 12.1. The number of nitrogens with one attached hydrogen (secondary N) is 1. The zero-order chi connectivity index (χ0) is 18.6. The molecule has 1 aliphatic rings. The Morgan fingerprint density at radius 2 is 1.93 bits per heavy atom. The summed E-state index contributed by atoms with van der Waals surface area (Å²) in [5, 5.41) is 5.12. The molecule has 0 atom stereocenters. The van der Waals surface area contributed by atoms with Crippen LogP contribution in [0.3, 0.4) is 0 Å². The van der Waals surface area contributed by atoms with Gasteiger partial charge >= 0.3 is 0 Å². The van der Waals surface area contributed by atoms with E-state index in [0.29, 0.717) is 16.6 Å². The van der Waals surface area contributed by atoms with Crippen LogP contribution in [-0.2, 0) is 4.79 Å². The second kappa shape index (κ2) is 7.55. The number of benzene rings is 2. The Bertz CT molecular complexity index is 955. The van der Waals surface area contributed by atoms with Gasteiger partial charge < -0.3 is 18.9 Å². The summed E-state index contributed by atoms with van der Waals surface area (Å²) >= 11 is 1.35. The van der Waals surface area contributed by atoms with Crippen molar-refractivity contribution in [3.05, 3.63) is 47.8 Å². The summed E-state index contributed by atoms with van der Waals surface area (Å²) in [7, 11) is 1.59. The Hall–Kier alpha value is -3.26. The van der Waals surface area contributed by atoms with Crippen molar-refractivity contribution in [3.8, 4) is 34.3 Å². The van der Waals surface area contributed by atoms with Gasteiger partial charge in [-0.15, -0.1) is 11.3 Å².